The van der Waals surface area contributed by atoms with Crippen molar-refractivity contribution in [2.45, 2.75) is 19.4 Å². The van der Waals surface area contributed by atoms with E-state index in [2.05, 4.69) is 20.8 Å². The molecule has 0 saturated carbocycles. The molecule has 2 amide bonds. The van der Waals surface area contributed by atoms with E-state index in [4.69, 9.17) is 11.6 Å². The van der Waals surface area contributed by atoms with Crippen LogP contribution in [0.15, 0.2) is 29.8 Å². The monoisotopic (exact) mass is 296 g/mol. The van der Waals surface area contributed by atoms with E-state index in [1.165, 1.54) is 11.3 Å². The first kappa shape index (κ1) is 13.8. The van der Waals surface area contributed by atoms with Gasteiger partial charge in [-0.1, -0.05) is 42.0 Å². The fourth-order valence-electron chi connectivity index (χ4n) is 1.66. The van der Waals surface area contributed by atoms with Crippen molar-refractivity contribution in [3.05, 3.63) is 40.4 Å². The van der Waals surface area contributed by atoms with E-state index < -0.39 is 0 Å². The van der Waals surface area contributed by atoms with E-state index in [9.17, 15) is 4.79 Å². The molecule has 2 N–H and O–H groups in total. The summed E-state index contributed by atoms with van der Waals surface area (Å²) in [5.74, 6) is 0. The predicted molar refractivity (Wildman–Crippen MR) is 76.5 cm³/mol. The van der Waals surface area contributed by atoms with Crippen molar-refractivity contribution in [2.75, 3.05) is 5.32 Å². The number of rotatable bonds is 4. The highest BCUT2D eigenvalue weighted by Crippen LogP contribution is 2.20. The number of urea groups is 1. The normalized spacial score (nSPS) is 11.9. The molecule has 5 nitrogen and oxygen atoms in total. The number of aromatic nitrogens is 2. The Morgan fingerprint density at radius 1 is 1.53 bits per heavy atom. The Morgan fingerprint density at radius 2 is 2.37 bits per heavy atom. The summed E-state index contributed by atoms with van der Waals surface area (Å²) in [5.41, 5.74) is 2.53. The van der Waals surface area contributed by atoms with Gasteiger partial charge in [-0.2, -0.15) is 0 Å². The van der Waals surface area contributed by atoms with E-state index in [1.54, 1.807) is 11.6 Å². The molecule has 1 aromatic heterocycles. The van der Waals surface area contributed by atoms with Gasteiger partial charge in [-0.05, 0) is 24.1 Å². The summed E-state index contributed by atoms with van der Waals surface area (Å²) in [5, 5.41) is 14.0. The maximum atomic E-state index is 11.8. The third-order valence-corrected chi connectivity index (χ3v) is 3.39. The molecule has 1 heterocycles. The van der Waals surface area contributed by atoms with Gasteiger partial charge in [-0.25, -0.2) is 4.79 Å². The molecular formula is C12H13ClN4OS. The maximum absolute atomic E-state index is 11.8. The number of amides is 2. The number of benzene rings is 1. The van der Waals surface area contributed by atoms with Crippen LogP contribution in [0.1, 0.15) is 24.9 Å². The van der Waals surface area contributed by atoms with Crippen molar-refractivity contribution >= 4 is 34.1 Å². The molecule has 0 fully saturated rings. The van der Waals surface area contributed by atoms with Gasteiger partial charge >= 0.3 is 6.03 Å². The topological polar surface area (TPSA) is 66.9 Å². The Labute approximate surface area is 120 Å². The Morgan fingerprint density at radius 3 is 3.00 bits per heavy atom. The molecule has 0 aliphatic carbocycles. The first-order chi connectivity index (χ1) is 9.19. The zero-order valence-electron chi connectivity index (χ0n) is 10.3. The summed E-state index contributed by atoms with van der Waals surface area (Å²) in [6, 6.07) is 7.06. The summed E-state index contributed by atoms with van der Waals surface area (Å²) >= 11 is 7.22. The maximum Gasteiger partial charge on any atom is 0.321 e. The van der Waals surface area contributed by atoms with Crippen molar-refractivity contribution < 1.29 is 4.79 Å². The number of hydrogen-bond donors (Lipinski definition) is 2. The molecule has 0 unspecified atom stereocenters. The number of carbonyl (C=O) groups excluding carboxylic acids is 1. The Balaban J connectivity index is 2.01. The molecule has 19 heavy (non-hydrogen) atoms. The zero-order valence-corrected chi connectivity index (χ0v) is 11.8. The van der Waals surface area contributed by atoms with E-state index in [0.717, 1.165) is 12.0 Å². The largest absolute Gasteiger partial charge is 0.331 e. The van der Waals surface area contributed by atoms with Gasteiger partial charge in [0, 0.05) is 5.02 Å². The minimum atomic E-state index is -0.302. The zero-order chi connectivity index (χ0) is 13.7. The lowest BCUT2D eigenvalue weighted by atomic mass is 10.1. The molecular weight excluding hydrogens is 284 g/mol. The summed E-state index contributed by atoms with van der Waals surface area (Å²) < 4.78 is 0. The average Bonchev–Trinajstić information content (AvgIpc) is 2.88. The number of nitrogens with one attached hydrogen (secondary N) is 2. The SMILES string of the molecule is CC[C@@H](NC(=O)Nc1nncs1)c1cccc(Cl)c1. The fourth-order valence-corrected chi connectivity index (χ4v) is 2.30. The van der Waals surface area contributed by atoms with Gasteiger partial charge < -0.3 is 5.32 Å². The lowest BCUT2D eigenvalue weighted by Gasteiger charge is -2.17. The van der Waals surface area contributed by atoms with Crippen LogP contribution in [-0.4, -0.2) is 16.2 Å². The van der Waals surface area contributed by atoms with Crippen molar-refractivity contribution in [2.24, 2.45) is 0 Å². The molecule has 0 aliphatic rings. The third-order valence-electron chi connectivity index (χ3n) is 2.55. The molecule has 0 saturated heterocycles. The second kappa shape index (κ2) is 6.49. The molecule has 0 spiro atoms. The first-order valence-electron chi connectivity index (χ1n) is 5.78. The number of halogens is 1. The van der Waals surface area contributed by atoms with Gasteiger partial charge in [0.25, 0.3) is 0 Å². The van der Waals surface area contributed by atoms with Crippen LogP contribution in [0.3, 0.4) is 0 Å². The van der Waals surface area contributed by atoms with E-state index >= 15 is 0 Å². The van der Waals surface area contributed by atoms with Crippen LogP contribution in [0, 0.1) is 0 Å². The Hall–Kier alpha value is -1.66. The molecule has 1 atom stereocenters. The van der Waals surface area contributed by atoms with E-state index in [-0.39, 0.29) is 12.1 Å². The van der Waals surface area contributed by atoms with Gasteiger partial charge in [0.15, 0.2) is 0 Å². The molecule has 7 heteroatoms. The molecule has 2 rings (SSSR count). The van der Waals surface area contributed by atoms with Crippen molar-refractivity contribution in [3.8, 4) is 0 Å². The van der Waals surface area contributed by atoms with Crippen LogP contribution in [0.5, 0.6) is 0 Å². The van der Waals surface area contributed by atoms with Gasteiger partial charge in [0.2, 0.25) is 5.13 Å². The van der Waals surface area contributed by atoms with E-state index in [0.29, 0.717) is 10.2 Å². The standard InChI is InChI=1S/C12H13ClN4OS/c1-2-10(8-4-3-5-9(13)6-8)15-11(18)16-12-17-14-7-19-12/h3-7,10H,2H2,1H3,(H2,15,16,17,18)/t10-/m1/s1. The van der Waals surface area contributed by atoms with Crippen LogP contribution in [0.2, 0.25) is 5.02 Å². The van der Waals surface area contributed by atoms with Crippen LogP contribution in [0.25, 0.3) is 0 Å². The molecule has 0 bridgehead atoms. The summed E-state index contributed by atoms with van der Waals surface area (Å²) in [6.45, 7) is 2.00. The van der Waals surface area contributed by atoms with E-state index in [1.807, 2.05) is 25.1 Å². The van der Waals surface area contributed by atoms with Gasteiger partial charge in [-0.15, -0.1) is 10.2 Å². The van der Waals surface area contributed by atoms with Gasteiger partial charge in [-0.3, -0.25) is 5.32 Å². The smallest absolute Gasteiger partial charge is 0.321 e. The number of hydrogen-bond acceptors (Lipinski definition) is 4. The molecule has 0 radical (unpaired) electrons. The van der Waals surface area contributed by atoms with Crippen LogP contribution >= 0.6 is 22.9 Å². The Kier molecular flexibility index (Phi) is 4.70. The fraction of sp³-hybridized carbons (Fsp3) is 0.250. The highest BCUT2D eigenvalue weighted by Gasteiger charge is 2.13. The van der Waals surface area contributed by atoms with Gasteiger partial charge in [0.1, 0.15) is 5.51 Å². The van der Waals surface area contributed by atoms with Crippen molar-refractivity contribution in [1.82, 2.24) is 15.5 Å². The van der Waals surface area contributed by atoms with Crippen LogP contribution < -0.4 is 10.6 Å². The van der Waals surface area contributed by atoms with Crippen molar-refractivity contribution in [1.29, 1.82) is 0 Å². The first-order valence-corrected chi connectivity index (χ1v) is 7.04. The minimum absolute atomic E-state index is 0.0911. The summed E-state index contributed by atoms with van der Waals surface area (Å²) in [6.07, 6.45) is 0.768. The third kappa shape index (κ3) is 3.90. The second-order valence-electron chi connectivity index (χ2n) is 3.86. The lowest BCUT2D eigenvalue weighted by molar-refractivity contribution is 0.248. The molecule has 2 aromatic rings. The highest BCUT2D eigenvalue weighted by atomic mass is 35.5. The second-order valence-corrected chi connectivity index (χ2v) is 5.13. The number of carbonyl (C=O) groups is 1. The summed E-state index contributed by atoms with van der Waals surface area (Å²) in [7, 11) is 0. The van der Waals surface area contributed by atoms with Crippen LogP contribution in [0.4, 0.5) is 9.93 Å². The summed E-state index contributed by atoms with van der Waals surface area (Å²) in [4.78, 5) is 11.8. The quantitative estimate of drug-likeness (QED) is 0.908. The average molecular weight is 297 g/mol. The molecule has 0 aliphatic heterocycles. The molecule has 1 aromatic carbocycles. The van der Waals surface area contributed by atoms with Crippen molar-refractivity contribution in [3.63, 3.8) is 0 Å². The lowest BCUT2D eigenvalue weighted by Crippen LogP contribution is -2.32. The number of anilines is 1. The molecule has 100 valence electrons. The Bertz CT molecular complexity index is 546. The minimum Gasteiger partial charge on any atom is -0.331 e. The van der Waals surface area contributed by atoms with Crippen LogP contribution in [-0.2, 0) is 0 Å². The van der Waals surface area contributed by atoms with Gasteiger partial charge in [0.05, 0.1) is 6.04 Å². The number of nitrogens with zero attached hydrogens (tertiary/aromatic N) is 2. The predicted octanol–water partition coefficient (Wildman–Crippen LogP) is 3.46. The highest BCUT2D eigenvalue weighted by molar-refractivity contribution is 7.13.